The van der Waals surface area contributed by atoms with Gasteiger partial charge in [0.2, 0.25) is 0 Å². The van der Waals surface area contributed by atoms with Crippen molar-refractivity contribution in [2.75, 3.05) is 0 Å². The normalized spacial score (nSPS) is 51.4. The molecule has 0 aromatic heterocycles. The highest BCUT2D eigenvalue weighted by molar-refractivity contribution is 5.87. The number of ketones is 2. The van der Waals surface area contributed by atoms with Gasteiger partial charge in [-0.1, -0.05) is 6.92 Å². The van der Waals surface area contributed by atoms with E-state index in [1.807, 2.05) is 0 Å². The minimum atomic E-state index is 0.0124. The number of hydrogen-bond donors (Lipinski definition) is 0. The van der Waals surface area contributed by atoms with Gasteiger partial charge in [-0.05, 0) is 68.1 Å². The molecular formula is C18H26O2. The van der Waals surface area contributed by atoms with Crippen LogP contribution in [0.25, 0.3) is 0 Å². The Morgan fingerprint density at radius 2 is 1.75 bits per heavy atom. The molecule has 0 amide bonds. The van der Waals surface area contributed by atoms with E-state index in [1.165, 1.54) is 19.3 Å². The summed E-state index contributed by atoms with van der Waals surface area (Å²) in [7, 11) is 0. The Balaban J connectivity index is 1.59. The van der Waals surface area contributed by atoms with Gasteiger partial charge in [-0.2, -0.15) is 0 Å². The van der Waals surface area contributed by atoms with Gasteiger partial charge in [0, 0.05) is 24.7 Å². The van der Waals surface area contributed by atoms with E-state index >= 15 is 0 Å². The number of carbonyl (C=O) groups is 2. The average Bonchev–Trinajstić information content (AvgIpc) is 2.74. The lowest BCUT2D eigenvalue weighted by atomic mass is 9.50. The van der Waals surface area contributed by atoms with Crippen LogP contribution in [0.4, 0.5) is 0 Å². The quantitative estimate of drug-likeness (QED) is 0.673. The van der Waals surface area contributed by atoms with Gasteiger partial charge < -0.3 is 0 Å². The van der Waals surface area contributed by atoms with E-state index in [0.29, 0.717) is 23.4 Å². The van der Waals surface area contributed by atoms with Gasteiger partial charge in [0.15, 0.2) is 0 Å². The monoisotopic (exact) mass is 274 g/mol. The van der Waals surface area contributed by atoms with Crippen molar-refractivity contribution in [3.05, 3.63) is 0 Å². The molecule has 0 aromatic carbocycles. The lowest BCUT2D eigenvalue weighted by Gasteiger charge is -2.53. The molecule has 0 saturated heterocycles. The summed E-state index contributed by atoms with van der Waals surface area (Å²) in [4.78, 5) is 24.0. The van der Waals surface area contributed by atoms with Crippen molar-refractivity contribution in [3.63, 3.8) is 0 Å². The number of carbonyl (C=O) groups excluding carboxylic acids is 2. The maximum Gasteiger partial charge on any atom is 0.139 e. The smallest absolute Gasteiger partial charge is 0.139 e. The lowest BCUT2D eigenvalue weighted by molar-refractivity contribution is -0.134. The predicted molar refractivity (Wildman–Crippen MR) is 77.1 cm³/mol. The van der Waals surface area contributed by atoms with Crippen molar-refractivity contribution in [1.29, 1.82) is 0 Å². The van der Waals surface area contributed by atoms with Crippen molar-refractivity contribution < 1.29 is 9.59 Å². The second kappa shape index (κ2) is 4.42. The topological polar surface area (TPSA) is 34.1 Å². The van der Waals surface area contributed by atoms with E-state index in [1.54, 1.807) is 0 Å². The molecule has 4 saturated carbocycles. The Morgan fingerprint density at radius 3 is 2.60 bits per heavy atom. The van der Waals surface area contributed by atoms with E-state index in [-0.39, 0.29) is 5.41 Å². The van der Waals surface area contributed by atoms with Crippen LogP contribution < -0.4 is 0 Å². The van der Waals surface area contributed by atoms with Crippen LogP contribution in [0.5, 0.6) is 0 Å². The van der Waals surface area contributed by atoms with Gasteiger partial charge in [0.05, 0.1) is 0 Å². The lowest BCUT2D eigenvalue weighted by Crippen LogP contribution is -2.48. The molecule has 2 heteroatoms. The van der Waals surface area contributed by atoms with Crippen molar-refractivity contribution >= 4 is 11.6 Å². The standard InChI is InChI=1S/C18H26O2/c1-18-9-8-14-13-5-3-12(19)10-11(13)2-4-15(14)16(18)6-7-17(18)20/h11,13-16H,2-10H2,1H3/t11-,13-,14+,15?,16-,18?/m0/s1. The molecule has 20 heavy (non-hydrogen) atoms. The average molecular weight is 274 g/mol. The molecule has 0 spiro atoms. The SMILES string of the molecule is CC12CC[C@H]3C(CC[C@H]4CC(=O)CC[C@@H]43)[C@@H]1CCC2=O. The second-order valence-corrected chi connectivity index (χ2v) is 8.13. The summed E-state index contributed by atoms with van der Waals surface area (Å²) in [5, 5.41) is 0. The van der Waals surface area contributed by atoms with Crippen molar-refractivity contribution in [1.82, 2.24) is 0 Å². The summed E-state index contributed by atoms with van der Waals surface area (Å²) >= 11 is 0. The third-order valence-corrected chi connectivity index (χ3v) is 7.47. The van der Waals surface area contributed by atoms with Crippen LogP contribution in [0.2, 0.25) is 0 Å². The molecule has 0 radical (unpaired) electrons. The highest BCUT2D eigenvalue weighted by Crippen LogP contribution is 2.61. The number of hydrogen-bond acceptors (Lipinski definition) is 2. The third kappa shape index (κ3) is 1.69. The van der Waals surface area contributed by atoms with Gasteiger partial charge in [0.1, 0.15) is 11.6 Å². The molecule has 2 nitrogen and oxygen atoms in total. The number of rotatable bonds is 0. The minimum absolute atomic E-state index is 0.0124. The molecule has 4 fully saturated rings. The summed E-state index contributed by atoms with van der Waals surface area (Å²) in [5.74, 6) is 4.79. The second-order valence-electron chi connectivity index (χ2n) is 8.13. The van der Waals surface area contributed by atoms with Gasteiger partial charge in [-0.3, -0.25) is 9.59 Å². The maximum atomic E-state index is 12.3. The van der Waals surface area contributed by atoms with E-state index in [9.17, 15) is 9.59 Å². The van der Waals surface area contributed by atoms with Gasteiger partial charge in [-0.15, -0.1) is 0 Å². The highest BCUT2D eigenvalue weighted by Gasteiger charge is 2.56. The molecule has 0 heterocycles. The Hall–Kier alpha value is -0.660. The summed E-state index contributed by atoms with van der Waals surface area (Å²) in [6.45, 7) is 2.25. The largest absolute Gasteiger partial charge is 0.300 e. The number of fused-ring (bicyclic) bond motifs is 5. The zero-order valence-corrected chi connectivity index (χ0v) is 12.6. The van der Waals surface area contributed by atoms with Crippen LogP contribution in [0.15, 0.2) is 0 Å². The maximum absolute atomic E-state index is 12.3. The van der Waals surface area contributed by atoms with Crippen LogP contribution in [0.3, 0.4) is 0 Å². The van der Waals surface area contributed by atoms with Crippen molar-refractivity contribution in [2.45, 2.75) is 64.7 Å². The zero-order valence-electron chi connectivity index (χ0n) is 12.6. The molecule has 4 aliphatic carbocycles. The number of Topliss-reactive ketones (excluding diaryl/α,β-unsaturated/α-hetero) is 2. The Kier molecular flexibility index (Phi) is 2.88. The van der Waals surface area contributed by atoms with Gasteiger partial charge >= 0.3 is 0 Å². The fourth-order valence-electron chi connectivity index (χ4n) is 6.43. The summed E-state index contributed by atoms with van der Waals surface area (Å²) in [6.07, 6.45) is 9.70. The Morgan fingerprint density at radius 1 is 0.900 bits per heavy atom. The van der Waals surface area contributed by atoms with Crippen LogP contribution in [0.1, 0.15) is 64.7 Å². The molecular weight excluding hydrogens is 248 g/mol. The van der Waals surface area contributed by atoms with E-state index in [2.05, 4.69) is 6.92 Å². The molecule has 4 aliphatic rings. The summed E-state index contributed by atoms with van der Waals surface area (Å²) < 4.78 is 0. The van der Waals surface area contributed by atoms with Crippen molar-refractivity contribution in [3.8, 4) is 0 Å². The molecule has 0 bridgehead atoms. The van der Waals surface area contributed by atoms with Crippen LogP contribution in [0, 0.1) is 35.0 Å². The Labute approximate surface area is 121 Å². The van der Waals surface area contributed by atoms with E-state index in [4.69, 9.17) is 0 Å². The molecule has 0 aliphatic heterocycles. The zero-order chi connectivity index (χ0) is 13.9. The van der Waals surface area contributed by atoms with Crippen LogP contribution >= 0.6 is 0 Å². The molecule has 0 N–H and O–H groups in total. The first-order chi connectivity index (χ1) is 9.59. The third-order valence-electron chi connectivity index (χ3n) is 7.47. The van der Waals surface area contributed by atoms with Crippen LogP contribution in [-0.2, 0) is 9.59 Å². The molecule has 4 rings (SSSR count). The van der Waals surface area contributed by atoms with E-state index < -0.39 is 0 Å². The molecule has 0 aromatic rings. The van der Waals surface area contributed by atoms with Crippen LogP contribution in [-0.4, -0.2) is 11.6 Å². The first kappa shape index (κ1) is 13.0. The highest BCUT2D eigenvalue weighted by atomic mass is 16.1. The minimum Gasteiger partial charge on any atom is -0.300 e. The fraction of sp³-hybridized carbons (Fsp3) is 0.889. The molecule has 6 atom stereocenters. The predicted octanol–water partition coefficient (Wildman–Crippen LogP) is 3.78. The fourth-order valence-corrected chi connectivity index (χ4v) is 6.43. The first-order valence-electron chi connectivity index (χ1n) is 8.64. The van der Waals surface area contributed by atoms with E-state index in [0.717, 1.165) is 56.3 Å². The molecule has 110 valence electrons. The van der Waals surface area contributed by atoms with Gasteiger partial charge in [-0.25, -0.2) is 0 Å². The van der Waals surface area contributed by atoms with Crippen molar-refractivity contribution in [2.24, 2.45) is 35.0 Å². The summed E-state index contributed by atoms with van der Waals surface area (Å²) in [6, 6.07) is 0. The molecule has 2 unspecified atom stereocenters. The van der Waals surface area contributed by atoms with Gasteiger partial charge in [0.25, 0.3) is 0 Å². The summed E-state index contributed by atoms with van der Waals surface area (Å²) in [5.41, 5.74) is 0.0124. The first-order valence-corrected chi connectivity index (χ1v) is 8.64. The Bertz CT molecular complexity index is 454.